The van der Waals surface area contributed by atoms with Gasteiger partial charge in [-0.1, -0.05) is 13.3 Å². The Labute approximate surface area is 153 Å². The molecular formula is C19H25N5O2. The van der Waals surface area contributed by atoms with Crippen LogP contribution >= 0.6 is 0 Å². The molecule has 2 aromatic heterocycles. The van der Waals surface area contributed by atoms with Crippen LogP contribution in [0.2, 0.25) is 0 Å². The zero-order valence-electron chi connectivity index (χ0n) is 15.2. The highest BCUT2D eigenvalue weighted by molar-refractivity contribution is 5.79. The Hall–Kier alpha value is -2.44. The van der Waals surface area contributed by atoms with Crippen LogP contribution in [-0.2, 0) is 22.5 Å². The number of aromatic nitrogens is 4. The van der Waals surface area contributed by atoms with E-state index < -0.39 is 0 Å². The molecule has 0 saturated carbocycles. The fourth-order valence-corrected chi connectivity index (χ4v) is 4.04. The summed E-state index contributed by atoms with van der Waals surface area (Å²) in [6.45, 7) is 4.41. The van der Waals surface area contributed by atoms with Gasteiger partial charge in [-0.3, -0.25) is 4.79 Å². The number of cyclic esters (lactones) is 1. The molecule has 4 heterocycles. The van der Waals surface area contributed by atoms with Gasteiger partial charge in [-0.15, -0.1) is 0 Å². The molecular weight excluding hydrogens is 330 g/mol. The summed E-state index contributed by atoms with van der Waals surface area (Å²) < 4.78 is 7.64. The van der Waals surface area contributed by atoms with Crippen LogP contribution in [0.3, 0.4) is 0 Å². The summed E-state index contributed by atoms with van der Waals surface area (Å²) in [5, 5.41) is 0. The molecule has 7 heteroatoms. The number of anilines is 1. The number of aryl methyl sites for hydroxylation is 1. The minimum atomic E-state index is -0.343. The van der Waals surface area contributed by atoms with Crippen molar-refractivity contribution in [1.29, 1.82) is 0 Å². The number of ether oxygens (including phenoxy) is 1. The third kappa shape index (κ3) is 3.30. The lowest BCUT2D eigenvalue weighted by Gasteiger charge is -2.36. The van der Waals surface area contributed by atoms with Gasteiger partial charge < -0.3 is 14.2 Å². The molecule has 2 aromatic rings. The Kier molecular flexibility index (Phi) is 4.61. The molecule has 0 aliphatic carbocycles. The lowest BCUT2D eigenvalue weighted by Crippen LogP contribution is -2.43. The van der Waals surface area contributed by atoms with Crippen molar-refractivity contribution < 1.29 is 9.53 Å². The smallest absolute Gasteiger partial charge is 0.312 e. The van der Waals surface area contributed by atoms with Gasteiger partial charge in [0.1, 0.15) is 6.10 Å². The summed E-state index contributed by atoms with van der Waals surface area (Å²) >= 11 is 0. The van der Waals surface area contributed by atoms with Crippen molar-refractivity contribution in [1.82, 2.24) is 19.5 Å². The molecule has 2 aliphatic rings. The first-order chi connectivity index (χ1) is 12.7. The molecule has 2 fully saturated rings. The van der Waals surface area contributed by atoms with Crippen LogP contribution in [-0.4, -0.2) is 44.7 Å². The first-order valence-corrected chi connectivity index (χ1v) is 9.41. The number of hydrogen-bond acceptors (Lipinski definition) is 6. The summed E-state index contributed by atoms with van der Waals surface area (Å²) in [7, 11) is 0. The average Bonchev–Trinajstić information content (AvgIpc) is 3.26. The normalized spacial score (nSPS) is 22.0. The monoisotopic (exact) mass is 355 g/mol. The van der Waals surface area contributed by atoms with E-state index in [9.17, 15) is 4.79 Å². The maximum absolute atomic E-state index is 12.6. The number of hydrogen-bond donors (Lipinski definition) is 0. The zero-order valence-corrected chi connectivity index (χ0v) is 15.2. The minimum absolute atomic E-state index is 0.0403. The Morgan fingerprint density at radius 1 is 1.27 bits per heavy atom. The van der Waals surface area contributed by atoms with Gasteiger partial charge in [0.25, 0.3) is 0 Å². The Balaban J connectivity index is 1.37. The second-order valence-corrected chi connectivity index (χ2v) is 7.40. The van der Waals surface area contributed by atoms with Crippen molar-refractivity contribution >= 4 is 11.9 Å². The fourth-order valence-electron chi connectivity index (χ4n) is 4.04. The zero-order chi connectivity index (χ0) is 18.0. The van der Waals surface area contributed by atoms with E-state index in [4.69, 9.17) is 4.74 Å². The number of rotatable bonds is 5. The third-order valence-corrected chi connectivity index (χ3v) is 5.53. The maximum atomic E-state index is 12.6. The third-order valence-electron chi connectivity index (χ3n) is 5.53. The molecule has 1 unspecified atom stereocenters. The maximum Gasteiger partial charge on any atom is 0.312 e. The van der Waals surface area contributed by atoms with E-state index in [1.807, 2.05) is 23.2 Å². The molecule has 2 aliphatic heterocycles. The highest BCUT2D eigenvalue weighted by atomic mass is 16.6. The molecule has 0 radical (unpaired) electrons. The van der Waals surface area contributed by atoms with Gasteiger partial charge in [0.15, 0.2) is 0 Å². The van der Waals surface area contributed by atoms with Crippen LogP contribution in [0.15, 0.2) is 31.1 Å². The molecule has 138 valence electrons. The number of carbonyl (C=O) groups excluding carboxylic acids is 1. The van der Waals surface area contributed by atoms with Crippen molar-refractivity contribution in [2.45, 2.75) is 51.7 Å². The highest BCUT2D eigenvalue weighted by Gasteiger charge is 2.50. The summed E-state index contributed by atoms with van der Waals surface area (Å²) in [5.74, 6) is 0.725. The molecule has 0 aromatic carbocycles. The van der Waals surface area contributed by atoms with E-state index in [-0.39, 0.29) is 17.5 Å². The van der Waals surface area contributed by atoms with E-state index in [1.54, 1.807) is 12.5 Å². The number of piperidine rings is 1. The predicted molar refractivity (Wildman–Crippen MR) is 96.6 cm³/mol. The predicted octanol–water partition coefficient (Wildman–Crippen LogP) is 2.23. The summed E-state index contributed by atoms with van der Waals surface area (Å²) in [6.07, 6.45) is 13.7. The average molecular weight is 355 g/mol. The SMILES string of the molecule is CCCc1cnc(N2CCC3(CC2)CC(Cn2ccnc2)OC3=O)nc1. The van der Waals surface area contributed by atoms with E-state index in [0.29, 0.717) is 6.54 Å². The fraction of sp³-hybridized carbons (Fsp3) is 0.579. The number of carbonyl (C=O) groups is 1. The van der Waals surface area contributed by atoms with Crippen molar-refractivity contribution in [3.05, 3.63) is 36.7 Å². The summed E-state index contributed by atoms with van der Waals surface area (Å²) in [4.78, 5) is 27.8. The van der Waals surface area contributed by atoms with Crippen LogP contribution in [0.1, 0.15) is 38.2 Å². The van der Waals surface area contributed by atoms with Gasteiger partial charge >= 0.3 is 5.97 Å². The van der Waals surface area contributed by atoms with E-state index in [2.05, 4.69) is 26.8 Å². The topological polar surface area (TPSA) is 73.1 Å². The van der Waals surface area contributed by atoms with E-state index in [1.165, 1.54) is 5.56 Å². The van der Waals surface area contributed by atoms with Gasteiger partial charge in [0.05, 0.1) is 18.3 Å². The van der Waals surface area contributed by atoms with Gasteiger partial charge in [0.2, 0.25) is 5.95 Å². The van der Waals surface area contributed by atoms with Gasteiger partial charge in [-0.2, -0.15) is 0 Å². The summed E-state index contributed by atoms with van der Waals surface area (Å²) in [6, 6.07) is 0. The molecule has 1 atom stereocenters. The van der Waals surface area contributed by atoms with E-state index >= 15 is 0 Å². The first-order valence-electron chi connectivity index (χ1n) is 9.41. The minimum Gasteiger partial charge on any atom is -0.460 e. The molecule has 2 saturated heterocycles. The Morgan fingerprint density at radius 2 is 2.04 bits per heavy atom. The van der Waals surface area contributed by atoms with Crippen LogP contribution in [0.25, 0.3) is 0 Å². The lowest BCUT2D eigenvalue weighted by molar-refractivity contribution is -0.150. The largest absolute Gasteiger partial charge is 0.460 e. The van der Waals surface area contributed by atoms with Crippen LogP contribution in [0, 0.1) is 5.41 Å². The van der Waals surface area contributed by atoms with Crippen LogP contribution in [0.4, 0.5) is 5.95 Å². The molecule has 1 spiro atoms. The van der Waals surface area contributed by atoms with Crippen molar-refractivity contribution in [2.75, 3.05) is 18.0 Å². The molecule has 0 N–H and O–H groups in total. The lowest BCUT2D eigenvalue weighted by atomic mass is 9.76. The van der Waals surface area contributed by atoms with E-state index in [0.717, 1.165) is 51.1 Å². The molecule has 26 heavy (non-hydrogen) atoms. The van der Waals surface area contributed by atoms with Gasteiger partial charge in [-0.05, 0) is 24.8 Å². The van der Waals surface area contributed by atoms with Crippen molar-refractivity contribution in [3.8, 4) is 0 Å². The van der Waals surface area contributed by atoms with Gasteiger partial charge in [0, 0.05) is 44.3 Å². The number of esters is 1. The summed E-state index contributed by atoms with van der Waals surface area (Å²) in [5.41, 5.74) is 0.829. The molecule has 0 amide bonds. The standard InChI is InChI=1S/C19H25N5O2/c1-2-3-15-11-21-18(22-12-15)24-7-4-19(5-8-24)10-16(26-17(19)25)13-23-9-6-20-14-23/h6,9,11-12,14,16H,2-5,7-8,10,13H2,1H3. The second kappa shape index (κ2) is 7.05. The van der Waals surface area contributed by atoms with Crippen molar-refractivity contribution in [3.63, 3.8) is 0 Å². The molecule has 7 nitrogen and oxygen atoms in total. The van der Waals surface area contributed by atoms with Crippen LogP contribution < -0.4 is 4.90 Å². The quantitative estimate of drug-likeness (QED) is 0.766. The second-order valence-electron chi connectivity index (χ2n) is 7.40. The first kappa shape index (κ1) is 17.0. The Morgan fingerprint density at radius 3 is 2.69 bits per heavy atom. The Bertz CT molecular complexity index is 736. The van der Waals surface area contributed by atoms with Crippen molar-refractivity contribution in [2.24, 2.45) is 5.41 Å². The number of nitrogens with zero attached hydrogens (tertiary/aromatic N) is 5. The van der Waals surface area contributed by atoms with Gasteiger partial charge in [-0.25, -0.2) is 15.0 Å². The number of imidazole rings is 1. The molecule has 4 rings (SSSR count). The van der Waals surface area contributed by atoms with Crippen LogP contribution in [0.5, 0.6) is 0 Å². The highest BCUT2D eigenvalue weighted by Crippen LogP contribution is 2.43. The molecule has 0 bridgehead atoms.